The zero-order chi connectivity index (χ0) is 20.9. The number of nitrogens with one attached hydrogen (secondary N) is 1. The van der Waals surface area contributed by atoms with Crippen molar-refractivity contribution in [3.63, 3.8) is 0 Å². The van der Waals surface area contributed by atoms with E-state index in [0.717, 1.165) is 16.3 Å². The zero-order valence-corrected chi connectivity index (χ0v) is 17.6. The van der Waals surface area contributed by atoms with Gasteiger partial charge in [-0.2, -0.15) is 5.10 Å². The Morgan fingerprint density at radius 3 is 2.67 bits per heavy atom. The van der Waals surface area contributed by atoms with E-state index in [2.05, 4.69) is 52.4 Å². The monoisotopic (exact) mass is 415 g/mol. The van der Waals surface area contributed by atoms with E-state index in [0.29, 0.717) is 17.1 Å². The van der Waals surface area contributed by atoms with Crippen molar-refractivity contribution in [2.45, 2.75) is 30.3 Å². The van der Waals surface area contributed by atoms with Crippen molar-refractivity contribution in [2.24, 2.45) is 0 Å². The molecule has 0 unspecified atom stereocenters. The summed E-state index contributed by atoms with van der Waals surface area (Å²) in [5.74, 6) is 0.569. The lowest BCUT2D eigenvalue weighted by molar-refractivity contribution is 0.0947. The molecule has 0 atom stereocenters. The highest BCUT2D eigenvalue weighted by Crippen LogP contribution is 2.30. The molecule has 0 aliphatic carbocycles. The molecule has 6 nitrogen and oxygen atoms in total. The van der Waals surface area contributed by atoms with E-state index in [-0.39, 0.29) is 5.91 Å². The molecule has 4 rings (SSSR count). The molecule has 7 heteroatoms. The van der Waals surface area contributed by atoms with Crippen molar-refractivity contribution in [1.82, 2.24) is 25.1 Å². The average molecular weight is 416 g/mol. The predicted octanol–water partition coefficient (Wildman–Crippen LogP) is 4.36. The fraction of sp³-hybridized carbons (Fsp3) is 0.130. The van der Waals surface area contributed by atoms with Gasteiger partial charge >= 0.3 is 0 Å². The van der Waals surface area contributed by atoms with Crippen LogP contribution in [0.5, 0.6) is 0 Å². The van der Waals surface area contributed by atoms with Crippen molar-refractivity contribution in [2.75, 3.05) is 0 Å². The number of nitrogens with zero attached hydrogens (tertiary/aromatic N) is 4. The maximum absolute atomic E-state index is 12.8. The maximum Gasteiger partial charge on any atom is 0.254 e. The summed E-state index contributed by atoms with van der Waals surface area (Å²) in [6, 6.07) is 15.5. The van der Waals surface area contributed by atoms with Crippen LogP contribution in [0.15, 0.2) is 83.2 Å². The Kier molecular flexibility index (Phi) is 5.90. The fourth-order valence-electron chi connectivity index (χ4n) is 2.87. The smallest absolute Gasteiger partial charge is 0.254 e. The number of aromatic nitrogens is 4. The molecular formula is C23H21N5OS. The first-order chi connectivity index (χ1) is 14.6. The molecule has 0 aliphatic heterocycles. The number of hydrogen-bond acceptors (Lipinski definition) is 5. The number of carbonyl (C=O) groups is 1. The topological polar surface area (TPSA) is 72.7 Å². The normalized spacial score (nSPS) is 10.7. The molecule has 0 aliphatic rings. The van der Waals surface area contributed by atoms with E-state index in [1.165, 1.54) is 22.9 Å². The number of rotatable bonds is 6. The van der Waals surface area contributed by atoms with Crippen LogP contribution in [-0.2, 0) is 6.54 Å². The molecule has 3 heterocycles. The van der Waals surface area contributed by atoms with Gasteiger partial charge in [0.15, 0.2) is 5.82 Å². The van der Waals surface area contributed by atoms with Gasteiger partial charge in [-0.05, 0) is 66.9 Å². The molecule has 0 bridgehead atoms. The second-order valence-electron chi connectivity index (χ2n) is 6.86. The van der Waals surface area contributed by atoms with E-state index < -0.39 is 0 Å². The lowest BCUT2D eigenvalue weighted by Crippen LogP contribution is -2.23. The molecular weight excluding hydrogens is 394 g/mol. The van der Waals surface area contributed by atoms with Gasteiger partial charge in [0.25, 0.3) is 5.91 Å². The number of carbonyl (C=O) groups excluding carboxylic acids is 1. The van der Waals surface area contributed by atoms with E-state index in [9.17, 15) is 4.79 Å². The van der Waals surface area contributed by atoms with Crippen LogP contribution in [0.4, 0.5) is 0 Å². The molecule has 0 spiro atoms. The predicted molar refractivity (Wildman–Crippen MR) is 117 cm³/mol. The summed E-state index contributed by atoms with van der Waals surface area (Å²) < 4.78 is 1.69. The number of amides is 1. The molecule has 1 amide bonds. The first-order valence-electron chi connectivity index (χ1n) is 9.53. The van der Waals surface area contributed by atoms with Crippen molar-refractivity contribution >= 4 is 17.7 Å². The Morgan fingerprint density at radius 2 is 1.93 bits per heavy atom. The number of hydrogen-bond donors (Lipinski definition) is 1. The van der Waals surface area contributed by atoms with Crippen LogP contribution in [0.25, 0.3) is 5.82 Å². The second-order valence-corrected chi connectivity index (χ2v) is 7.92. The van der Waals surface area contributed by atoms with Gasteiger partial charge in [0, 0.05) is 36.2 Å². The van der Waals surface area contributed by atoms with E-state index in [1.807, 2.05) is 24.4 Å². The molecule has 30 heavy (non-hydrogen) atoms. The van der Waals surface area contributed by atoms with Crippen LogP contribution in [0.1, 0.15) is 27.0 Å². The standard InChI is InChI=1S/C23H21N5OS/c1-16-6-8-19(13-17(16)2)30-23-20(5-3-10-24-23)22(29)26-15-18-7-9-21(25-14-18)28-12-4-11-27-28/h3-14H,15H2,1-2H3,(H,26,29). The summed E-state index contributed by atoms with van der Waals surface area (Å²) in [4.78, 5) is 22.7. The highest BCUT2D eigenvalue weighted by atomic mass is 32.2. The summed E-state index contributed by atoms with van der Waals surface area (Å²) >= 11 is 1.49. The number of aryl methyl sites for hydroxylation is 2. The zero-order valence-electron chi connectivity index (χ0n) is 16.7. The van der Waals surface area contributed by atoms with Gasteiger partial charge < -0.3 is 5.32 Å². The summed E-state index contributed by atoms with van der Waals surface area (Å²) in [6.45, 7) is 4.55. The van der Waals surface area contributed by atoms with Crippen LogP contribution in [0.2, 0.25) is 0 Å². The Bertz CT molecular complexity index is 1160. The van der Waals surface area contributed by atoms with Crippen molar-refractivity contribution in [3.8, 4) is 5.82 Å². The van der Waals surface area contributed by atoms with Gasteiger partial charge in [-0.25, -0.2) is 14.6 Å². The maximum atomic E-state index is 12.8. The molecule has 0 fully saturated rings. The minimum Gasteiger partial charge on any atom is -0.348 e. The van der Waals surface area contributed by atoms with Gasteiger partial charge in [0.2, 0.25) is 0 Å². The van der Waals surface area contributed by atoms with Crippen LogP contribution < -0.4 is 5.32 Å². The SMILES string of the molecule is Cc1ccc(Sc2ncccc2C(=O)NCc2ccc(-n3cccn3)nc2)cc1C. The van der Waals surface area contributed by atoms with Crippen molar-refractivity contribution in [3.05, 3.63) is 95.6 Å². The lowest BCUT2D eigenvalue weighted by atomic mass is 10.1. The van der Waals surface area contributed by atoms with Crippen LogP contribution in [0, 0.1) is 13.8 Å². The third kappa shape index (κ3) is 4.58. The highest BCUT2D eigenvalue weighted by Gasteiger charge is 2.14. The second kappa shape index (κ2) is 8.92. The minimum atomic E-state index is -0.161. The van der Waals surface area contributed by atoms with Gasteiger partial charge in [-0.3, -0.25) is 4.79 Å². The van der Waals surface area contributed by atoms with Gasteiger partial charge in [0.05, 0.1) is 5.56 Å². The molecule has 0 saturated heterocycles. The first-order valence-corrected chi connectivity index (χ1v) is 10.3. The van der Waals surface area contributed by atoms with Crippen LogP contribution in [0.3, 0.4) is 0 Å². The van der Waals surface area contributed by atoms with E-state index in [1.54, 1.807) is 35.4 Å². The highest BCUT2D eigenvalue weighted by molar-refractivity contribution is 7.99. The van der Waals surface area contributed by atoms with E-state index in [4.69, 9.17) is 0 Å². The molecule has 1 aromatic carbocycles. The Labute approximate surface area is 179 Å². The fourth-order valence-corrected chi connectivity index (χ4v) is 3.85. The largest absolute Gasteiger partial charge is 0.348 e. The molecule has 1 N–H and O–H groups in total. The summed E-state index contributed by atoms with van der Waals surface area (Å²) in [6.07, 6.45) is 6.99. The third-order valence-corrected chi connectivity index (χ3v) is 5.72. The van der Waals surface area contributed by atoms with Gasteiger partial charge in [0.1, 0.15) is 5.03 Å². The van der Waals surface area contributed by atoms with Gasteiger partial charge in [-0.1, -0.05) is 23.9 Å². The van der Waals surface area contributed by atoms with Crippen molar-refractivity contribution < 1.29 is 4.79 Å². The minimum absolute atomic E-state index is 0.161. The Hall–Kier alpha value is -3.45. The third-order valence-electron chi connectivity index (χ3n) is 4.71. The number of benzene rings is 1. The average Bonchev–Trinajstić information content (AvgIpc) is 3.30. The summed E-state index contributed by atoms with van der Waals surface area (Å²) in [5, 5.41) is 7.81. The Morgan fingerprint density at radius 1 is 1.03 bits per heavy atom. The van der Waals surface area contributed by atoms with Gasteiger partial charge in [-0.15, -0.1) is 0 Å². The lowest BCUT2D eigenvalue weighted by Gasteiger charge is -2.10. The molecule has 0 radical (unpaired) electrons. The first kappa shape index (κ1) is 19.8. The number of pyridine rings is 2. The van der Waals surface area contributed by atoms with Crippen molar-refractivity contribution in [1.29, 1.82) is 0 Å². The van der Waals surface area contributed by atoms with E-state index >= 15 is 0 Å². The summed E-state index contributed by atoms with van der Waals surface area (Å²) in [5.41, 5.74) is 3.92. The quantitative estimate of drug-likeness (QED) is 0.507. The van der Waals surface area contributed by atoms with Crippen LogP contribution in [-0.4, -0.2) is 25.7 Å². The van der Waals surface area contributed by atoms with Crippen LogP contribution >= 0.6 is 11.8 Å². The molecule has 3 aromatic heterocycles. The molecule has 150 valence electrons. The Balaban J connectivity index is 1.44. The molecule has 4 aromatic rings. The summed E-state index contributed by atoms with van der Waals surface area (Å²) in [7, 11) is 0. The molecule has 0 saturated carbocycles.